The minimum atomic E-state index is -4.91. The summed E-state index contributed by atoms with van der Waals surface area (Å²) in [7, 11) is 0. The molecule has 108 valence electrons. The number of halogens is 6. The maximum Gasteiger partial charge on any atom is 0.416 e. The van der Waals surface area contributed by atoms with Gasteiger partial charge >= 0.3 is 12.4 Å². The van der Waals surface area contributed by atoms with Crippen molar-refractivity contribution in [2.75, 3.05) is 0 Å². The van der Waals surface area contributed by atoms with Crippen LogP contribution in [0.1, 0.15) is 11.1 Å². The second kappa shape index (κ2) is 4.77. The van der Waals surface area contributed by atoms with E-state index in [1.807, 2.05) is 0 Å². The van der Waals surface area contributed by atoms with Crippen molar-refractivity contribution in [1.82, 2.24) is 0 Å². The van der Waals surface area contributed by atoms with Crippen molar-refractivity contribution >= 4 is 0 Å². The molecule has 0 saturated carbocycles. The summed E-state index contributed by atoms with van der Waals surface area (Å²) in [5, 5.41) is 0. The molecule has 0 aliphatic carbocycles. The number of alkyl halides is 6. The molecule has 0 saturated heterocycles. The summed E-state index contributed by atoms with van der Waals surface area (Å²) in [5.74, 6) is -0.578. The highest BCUT2D eigenvalue weighted by molar-refractivity contribution is 5.39. The molecule has 1 heterocycles. The van der Waals surface area contributed by atoms with Gasteiger partial charge in [-0.25, -0.2) is 0 Å². The lowest BCUT2D eigenvalue weighted by molar-refractivity contribution is -0.143. The molecule has 0 spiro atoms. The van der Waals surface area contributed by atoms with Crippen molar-refractivity contribution in [2.45, 2.75) is 12.4 Å². The number of hydrogen-bond acceptors (Lipinski definition) is 2. The van der Waals surface area contributed by atoms with Crippen LogP contribution in [-0.2, 0) is 12.4 Å². The molecule has 0 amide bonds. The van der Waals surface area contributed by atoms with Crippen LogP contribution in [0.5, 0.6) is 11.5 Å². The molecule has 2 nitrogen and oxygen atoms in total. The Morgan fingerprint density at radius 1 is 0.800 bits per heavy atom. The van der Waals surface area contributed by atoms with Crippen LogP contribution >= 0.6 is 0 Å². The van der Waals surface area contributed by atoms with Crippen molar-refractivity contribution < 1.29 is 35.5 Å². The molecular formula is C12H6F6O2. The van der Waals surface area contributed by atoms with Gasteiger partial charge < -0.3 is 9.15 Å². The van der Waals surface area contributed by atoms with E-state index in [1.165, 1.54) is 12.3 Å². The second-order valence-corrected chi connectivity index (χ2v) is 3.80. The molecule has 0 aliphatic heterocycles. The van der Waals surface area contributed by atoms with E-state index in [0.717, 1.165) is 6.26 Å². The lowest BCUT2D eigenvalue weighted by atomic mass is 10.1. The van der Waals surface area contributed by atoms with Crippen molar-refractivity contribution in [1.29, 1.82) is 0 Å². The molecule has 1 aromatic heterocycles. The van der Waals surface area contributed by atoms with E-state index < -0.39 is 29.2 Å². The first-order valence-electron chi connectivity index (χ1n) is 5.16. The standard InChI is InChI=1S/C12H6F6O2/c13-11(14,15)7-3-8(12(16,17)18)5-10(4-7)20-9-1-2-19-6-9/h1-6H. The summed E-state index contributed by atoms with van der Waals surface area (Å²) in [6, 6.07) is 2.26. The molecule has 0 unspecified atom stereocenters. The summed E-state index contributed by atoms with van der Waals surface area (Å²) in [6.45, 7) is 0. The highest BCUT2D eigenvalue weighted by Crippen LogP contribution is 2.39. The molecule has 20 heavy (non-hydrogen) atoms. The van der Waals surface area contributed by atoms with Gasteiger partial charge in [-0.3, -0.25) is 0 Å². The third-order valence-corrected chi connectivity index (χ3v) is 2.29. The zero-order valence-corrected chi connectivity index (χ0v) is 9.55. The highest BCUT2D eigenvalue weighted by atomic mass is 19.4. The first-order chi connectivity index (χ1) is 9.16. The van der Waals surface area contributed by atoms with Crippen LogP contribution in [0.4, 0.5) is 26.3 Å². The van der Waals surface area contributed by atoms with E-state index >= 15 is 0 Å². The fraction of sp³-hybridized carbons (Fsp3) is 0.167. The van der Waals surface area contributed by atoms with Crippen LogP contribution < -0.4 is 4.74 Å². The van der Waals surface area contributed by atoms with Gasteiger partial charge in [-0.15, -0.1) is 0 Å². The Morgan fingerprint density at radius 2 is 1.35 bits per heavy atom. The average molecular weight is 296 g/mol. The molecule has 0 aliphatic rings. The SMILES string of the molecule is FC(F)(F)c1cc(Oc2ccoc2)cc(C(F)(F)F)c1. The zero-order chi connectivity index (χ0) is 15.0. The van der Waals surface area contributed by atoms with E-state index in [0.29, 0.717) is 12.1 Å². The van der Waals surface area contributed by atoms with E-state index in [1.54, 1.807) is 0 Å². The summed E-state index contributed by atoms with van der Waals surface area (Å²) in [4.78, 5) is 0. The summed E-state index contributed by atoms with van der Waals surface area (Å²) in [5.41, 5.74) is -2.88. The van der Waals surface area contributed by atoms with Gasteiger partial charge in [-0.2, -0.15) is 26.3 Å². The second-order valence-electron chi connectivity index (χ2n) is 3.80. The average Bonchev–Trinajstić information content (AvgIpc) is 2.79. The first-order valence-corrected chi connectivity index (χ1v) is 5.16. The van der Waals surface area contributed by atoms with Crippen molar-refractivity contribution in [3.8, 4) is 11.5 Å². The van der Waals surface area contributed by atoms with Gasteiger partial charge in [0.1, 0.15) is 12.0 Å². The number of furan rings is 1. The number of ether oxygens (including phenoxy) is 1. The van der Waals surface area contributed by atoms with Crippen LogP contribution in [-0.4, -0.2) is 0 Å². The topological polar surface area (TPSA) is 22.4 Å². The molecule has 0 N–H and O–H groups in total. The van der Waals surface area contributed by atoms with Gasteiger partial charge in [0.2, 0.25) is 0 Å². The molecule has 0 atom stereocenters. The minimum absolute atomic E-state index is 0.00236. The monoisotopic (exact) mass is 296 g/mol. The third kappa shape index (κ3) is 3.25. The fourth-order valence-electron chi connectivity index (χ4n) is 1.43. The maximum absolute atomic E-state index is 12.6. The van der Waals surface area contributed by atoms with Crippen molar-refractivity contribution in [3.05, 3.63) is 47.9 Å². The Hall–Kier alpha value is -2.12. The Bertz CT molecular complexity index is 551. The van der Waals surface area contributed by atoms with E-state index in [4.69, 9.17) is 4.74 Å². The van der Waals surface area contributed by atoms with Crippen LogP contribution in [0.3, 0.4) is 0 Å². The normalized spacial score (nSPS) is 12.5. The van der Waals surface area contributed by atoms with Crippen LogP contribution in [0.2, 0.25) is 0 Å². The molecule has 2 aromatic rings. The lowest BCUT2D eigenvalue weighted by Gasteiger charge is -2.14. The predicted octanol–water partition coefficient (Wildman–Crippen LogP) is 5.11. The van der Waals surface area contributed by atoms with Crippen molar-refractivity contribution in [3.63, 3.8) is 0 Å². The molecule has 2 rings (SSSR count). The van der Waals surface area contributed by atoms with Crippen LogP contribution in [0.15, 0.2) is 41.2 Å². The van der Waals surface area contributed by atoms with Crippen LogP contribution in [0, 0.1) is 0 Å². The minimum Gasteiger partial charge on any atom is -0.469 e. The number of rotatable bonds is 2. The van der Waals surface area contributed by atoms with Gasteiger partial charge in [0.05, 0.1) is 17.4 Å². The number of hydrogen-bond donors (Lipinski definition) is 0. The zero-order valence-electron chi connectivity index (χ0n) is 9.55. The Labute approximate surface area is 108 Å². The van der Waals surface area contributed by atoms with E-state index in [-0.39, 0.29) is 11.8 Å². The lowest BCUT2D eigenvalue weighted by Crippen LogP contribution is -2.10. The Morgan fingerprint density at radius 3 is 1.75 bits per heavy atom. The smallest absolute Gasteiger partial charge is 0.416 e. The largest absolute Gasteiger partial charge is 0.469 e. The molecule has 0 fully saturated rings. The molecule has 1 aromatic carbocycles. The van der Waals surface area contributed by atoms with Crippen LogP contribution in [0.25, 0.3) is 0 Å². The van der Waals surface area contributed by atoms with Gasteiger partial charge in [0.15, 0.2) is 5.75 Å². The van der Waals surface area contributed by atoms with Crippen molar-refractivity contribution in [2.24, 2.45) is 0 Å². The number of benzene rings is 1. The van der Waals surface area contributed by atoms with Gasteiger partial charge in [0.25, 0.3) is 0 Å². The highest BCUT2D eigenvalue weighted by Gasteiger charge is 2.37. The van der Waals surface area contributed by atoms with Gasteiger partial charge in [-0.1, -0.05) is 0 Å². The molecule has 8 heteroatoms. The maximum atomic E-state index is 12.6. The third-order valence-electron chi connectivity index (χ3n) is 2.29. The van der Waals surface area contributed by atoms with Gasteiger partial charge in [0, 0.05) is 6.07 Å². The fourth-order valence-corrected chi connectivity index (χ4v) is 1.43. The first kappa shape index (κ1) is 14.3. The molecule has 0 bridgehead atoms. The molecule has 0 radical (unpaired) electrons. The van der Waals surface area contributed by atoms with Gasteiger partial charge in [-0.05, 0) is 18.2 Å². The Balaban J connectivity index is 2.46. The quantitative estimate of drug-likeness (QED) is 0.718. The summed E-state index contributed by atoms with van der Waals surface area (Å²) >= 11 is 0. The molecular weight excluding hydrogens is 290 g/mol. The summed E-state index contributed by atoms with van der Waals surface area (Å²) < 4.78 is 84.9. The van der Waals surface area contributed by atoms with E-state index in [2.05, 4.69) is 4.42 Å². The Kier molecular flexibility index (Phi) is 3.41. The van der Waals surface area contributed by atoms with E-state index in [9.17, 15) is 26.3 Å². The predicted molar refractivity (Wildman–Crippen MR) is 55.2 cm³/mol. The summed E-state index contributed by atoms with van der Waals surface area (Å²) in [6.07, 6.45) is -7.59.